The molecule has 2 heterocycles. The summed E-state index contributed by atoms with van der Waals surface area (Å²) >= 11 is 0. The molecule has 1 aromatic carbocycles. The molecule has 1 amide bonds. The highest BCUT2D eigenvalue weighted by atomic mass is 16.4. The van der Waals surface area contributed by atoms with E-state index in [0.29, 0.717) is 29.1 Å². The molecule has 0 bridgehead atoms. The highest BCUT2D eigenvalue weighted by molar-refractivity contribution is 6.04. The zero-order valence-corrected chi connectivity index (χ0v) is 14.7. The lowest BCUT2D eigenvalue weighted by atomic mass is 9.92. The zero-order valence-electron chi connectivity index (χ0n) is 14.7. The predicted octanol–water partition coefficient (Wildman–Crippen LogP) is 3.76. The van der Waals surface area contributed by atoms with E-state index >= 15 is 0 Å². The monoisotopic (exact) mass is 353 g/mol. The lowest BCUT2D eigenvalue weighted by Gasteiger charge is -2.14. The van der Waals surface area contributed by atoms with Crippen LogP contribution in [0.2, 0.25) is 0 Å². The first kappa shape index (κ1) is 17.6. The van der Waals surface area contributed by atoms with Gasteiger partial charge < -0.3 is 14.8 Å². The summed E-state index contributed by atoms with van der Waals surface area (Å²) in [6, 6.07) is 9.42. The largest absolute Gasteiger partial charge is 0.477 e. The number of oxazole rings is 1. The second-order valence-corrected chi connectivity index (χ2v) is 7.19. The number of aromatic carboxylic acids is 1. The van der Waals surface area contributed by atoms with Gasteiger partial charge in [0.15, 0.2) is 11.5 Å². The van der Waals surface area contributed by atoms with Crippen molar-refractivity contribution in [3.63, 3.8) is 0 Å². The van der Waals surface area contributed by atoms with Gasteiger partial charge in [-0.05, 0) is 35.7 Å². The van der Waals surface area contributed by atoms with Crippen molar-refractivity contribution >= 4 is 28.7 Å². The normalized spacial score (nSPS) is 11.5. The molecule has 0 aliphatic carbocycles. The fourth-order valence-corrected chi connectivity index (χ4v) is 2.46. The van der Waals surface area contributed by atoms with E-state index < -0.39 is 11.9 Å². The Morgan fingerprint density at radius 3 is 2.54 bits per heavy atom. The summed E-state index contributed by atoms with van der Waals surface area (Å²) in [5.41, 5.74) is 1.72. The Balaban J connectivity index is 1.81. The van der Waals surface area contributed by atoms with Gasteiger partial charge in [0.25, 0.3) is 5.91 Å². The number of hydrogen-bond acceptors (Lipinski definition) is 5. The molecule has 7 nitrogen and oxygen atoms in total. The van der Waals surface area contributed by atoms with Crippen LogP contribution in [0.3, 0.4) is 0 Å². The summed E-state index contributed by atoms with van der Waals surface area (Å²) in [7, 11) is 0. The number of amides is 1. The SMILES string of the molecule is CC(C)(C)Cc1nc2cc(NC(=O)c3cccc(C(=O)O)n3)ccc2o1. The molecule has 0 fully saturated rings. The topological polar surface area (TPSA) is 105 Å². The van der Waals surface area contributed by atoms with Crippen LogP contribution in [0.4, 0.5) is 5.69 Å². The lowest BCUT2D eigenvalue weighted by Crippen LogP contribution is -2.15. The molecule has 2 N–H and O–H groups in total. The molecule has 0 spiro atoms. The minimum Gasteiger partial charge on any atom is -0.477 e. The van der Waals surface area contributed by atoms with E-state index in [-0.39, 0.29) is 16.8 Å². The third kappa shape index (κ3) is 4.05. The van der Waals surface area contributed by atoms with Crippen molar-refractivity contribution in [2.24, 2.45) is 5.41 Å². The van der Waals surface area contributed by atoms with Crippen molar-refractivity contribution in [2.45, 2.75) is 27.2 Å². The minimum atomic E-state index is -1.19. The number of hydrogen-bond donors (Lipinski definition) is 2. The van der Waals surface area contributed by atoms with Crippen LogP contribution in [-0.4, -0.2) is 27.0 Å². The molecule has 26 heavy (non-hydrogen) atoms. The number of pyridine rings is 1. The van der Waals surface area contributed by atoms with Crippen molar-refractivity contribution in [1.82, 2.24) is 9.97 Å². The molecule has 0 radical (unpaired) electrons. The molecule has 3 aromatic rings. The van der Waals surface area contributed by atoms with Gasteiger partial charge in [0.2, 0.25) is 0 Å². The molecular formula is C19H19N3O4. The minimum absolute atomic E-state index is 0.0265. The maximum absolute atomic E-state index is 12.3. The number of carbonyl (C=O) groups excluding carboxylic acids is 1. The Morgan fingerprint density at radius 2 is 1.85 bits per heavy atom. The first-order valence-corrected chi connectivity index (χ1v) is 8.12. The summed E-state index contributed by atoms with van der Waals surface area (Å²) in [5, 5.41) is 11.7. The van der Waals surface area contributed by atoms with Crippen molar-refractivity contribution in [3.05, 3.63) is 53.7 Å². The van der Waals surface area contributed by atoms with Crippen LogP contribution >= 0.6 is 0 Å². The standard InChI is InChI=1S/C19H19N3O4/c1-19(2,3)10-16-22-14-9-11(7-8-15(14)26-16)20-17(23)12-5-4-6-13(21-12)18(24)25/h4-9H,10H2,1-3H3,(H,20,23)(H,24,25). The van der Waals surface area contributed by atoms with Gasteiger partial charge in [0.05, 0.1) is 0 Å². The van der Waals surface area contributed by atoms with Crippen molar-refractivity contribution in [2.75, 3.05) is 5.32 Å². The summed E-state index contributed by atoms with van der Waals surface area (Å²) in [5.74, 6) is -1.03. The van der Waals surface area contributed by atoms with Crippen LogP contribution in [0.15, 0.2) is 40.8 Å². The summed E-state index contributed by atoms with van der Waals surface area (Å²) in [6.45, 7) is 6.31. The second kappa shape index (κ2) is 6.59. The van der Waals surface area contributed by atoms with Gasteiger partial charge in [-0.25, -0.2) is 14.8 Å². The maximum atomic E-state index is 12.3. The fourth-order valence-electron chi connectivity index (χ4n) is 2.46. The highest BCUT2D eigenvalue weighted by Gasteiger charge is 2.17. The molecule has 2 aromatic heterocycles. The van der Waals surface area contributed by atoms with Gasteiger partial charge in [-0.15, -0.1) is 0 Å². The van der Waals surface area contributed by atoms with Crippen LogP contribution in [-0.2, 0) is 6.42 Å². The first-order valence-electron chi connectivity index (χ1n) is 8.12. The van der Waals surface area contributed by atoms with Gasteiger partial charge in [-0.3, -0.25) is 4.79 Å². The molecule has 0 aliphatic heterocycles. The molecular weight excluding hydrogens is 334 g/mol. The van der Waals surface area contributed by atoms with Crippen molar-refractivity contribution in [1.29, 1.82) is 0 Å². The number of anilines is 1. The summed E-state index contributed by atoms with van der Waals surface area (Å²) < 4.78 is 5.73. The van der Waals surface area contributed by atoms with Gasteiger partial charge >= 0.3 is 5.97 Å². The predicted molar refractivity (Wildman–Crippen MR) is 96.3 cm³/mol. The van der Waals surface area contributed by atoms with Gasteiger partial charge in [-0.2, -0.15) is 0 Å². The number of aromatic nitrogens is 2. The van der Waals surface area contributed by atoms with E-state index in [1.807, 2.05) is 0 Å². The molecule has 0 aliphatic rings. The molecule has 0 saturated heterocycles. The molecule has 7 heteroatoms. The smallest absolute Gasteiger partial charge is 0.354 e. The molecule has 0 unspecified atom stereocenters. The number of nitrogens with one attached hydrogen (secondary N) is 1. The quantitative estimate of drug-likeness (QED) is 0.740. The number of fused-ring (bicyclic) bond motifs is 1. The third-order valence-corrected chi connectivity index (χ3v) is 3.57. The first-order chi connectivity index (χ1) is 12.2. The molecule has 3 rings (SSSR count). The number of nitrogens with zero attached hydrogens (tertiary/aromatic N) is 2. The van der Waals surface area contributed by atoms with E-state index in [0.717, 1.165) is 0 Å². The molecule has 134 valence electrons. The van der Waals surface area contributed by atoms with E-state index in [2.05, 4.69) is 36.1 Å². The molecule has 0 atom stereocenters. The van der Waals surface area contributed by atoms with Crippen LogP contribution in [0.5, 0.6) is 0 Å². The fraction of sp³-hybridized carbons (Fsp3) is 0.263. The van der Waals surface area contributed by atoms with Gasteiger partial charge in [0, 0.05) is 12.1 Å². The Labute approximate surface area is 150 Å². The van der Waals surface area contributed by atoms with Crippen LogP contribution < -0.4 is 5.32 Å². The van der Waals surface area contributed by atoms with E-state index in [1.54, 1.807) is 18.2 Å². The number of carbonyl (C=O) groups is 2. The highest BCUT2D eigenvalue weighted by Crippen LogP contribution is 2.25. The molecule has 0 saturated carbocycles. The Bertz CT molecular complexity index is 986. The Hall–Kier alpha value is -3.22. The van der Waals surface area contributed by atoms with Crippen molar-refractivity contribution < 1.29 is 19.1 Å². The number of carboxylic acids is 1. The Morgan fingerprint density at radius 1 is 1.12 bits per heavy atom. The number of benzene rings is 1. The van der Waals surface area contributed by atoms with Gasteiger partial charge in [0.1, 0.15) is 16.9 Å². The van der Waals surface area contributed by atoms with Crippen LogP contribution in [0.1, 0.15) is 47.6 Å². The van der Waals surface area contributed by atoms with Crippen molar-refractivity contribution in [3.8, 4) is 0 Å². The summed E-state index contributed by atoms with van der Waals surface area (Å²) in [4.78, 5) is 31.6. The van der Waals surface area contributed by atoms with Gasteiger partial charge in [-0.1, -0.05) is 26.8 Å². The third-order valence-electron chi connectivity index (χ3n) is 3.57. The second-order valence-electron chi connectivity index (χ2n) is 7.19. The average Bonchev–Trinajstić information content (AvgIpc) is 2.94. The van der Waals surface area contributed by atoms with Crippen LogP contribution in [0, 0.1) is 5.41 Å². The zero-order chi connectivity index (χ0) is 18.9. The maximum Gasteiger partial charge on any atom is 0.354 e. The van der Waals surface area contributed by atoms with E-state index in [4.69, 9.17) is 9.52 Å². The average molecular weight is 353 g/mol. The Kier molecular flexibility index (Phi) is 4.46. The lowest BCUT2D eigenvalue weighted by molar-refractivity contribution is 0.0690. The number of rotatable bonds is 4. The summed E-state index contributed by atoms with van der Waals surface area (Å²) in [6.07, 6.45) is 0.704. The van der Waals surface area contributed by atoms with Crippen LogP contribution in [0.25, 0.3) is 11.1 Å². The van der Waals surface area contributed by atoms with E-state index in [1.165, 1.54) is 18.2 Å². The number of carboxylic acid groups (broad SMARTS) is 1. The van der Waals surface area contributed by atoms with E-state index in [9.17, 15) is 9.59 Å².